The van der Waals surface area contributed by atoms with Crippen LogP contribution in [0.15, 0.2) is 18.2 Å². The van der Waals surface area contributed by atoms with Gasteiger partial charge in [-0.05, 0) is 24.6 Å². The Labute approximate surface area is 108 Å². The lowest BCUT2D eigenvalue weighted by atomic mass is 10.1. The summed E-state index contributed by atoms with van der Waals surface area (Å²) in [7, 11) is 0. The third-order valence-corrected chi connectivity index (χ3v) is 2.92. The normalized spacial score (nSPS) is 15.5. The van der Waals surface area contributed by atoms with Crippen molar-refractivity contribution in [3.8, 4) is 0 Å². The molecule has 0 aromatic heterocycles. The summed E-state index contributed by atoms with van der Waals surface area (Å²) in [5, 5.41) is 3.27. The average Bonchev–Trinajstić information content (AvgIpc) is 2.31. The molecule has 1 aliphatic rings. The van der Waals surface area contributed by atoms with E-state index in [4.69, 9.17) is 5.73 Å². The molecule has 17 heavy (non-hydrogen) atoms. The minimum absolute atomic E-state index is 0. The quantitative estimate of drug-likeness (QED) is 0.856. The number of piperazine rings is 1. The zero-order valence-corrected chi connectivity index (χ0v) is 10.6. The van der Waals surface area contributed by atoms with Crippen LogP contribution in [0, 0.1) is 5.82 Å². The Morgan fingerprint density at radius 3 is 2.65 bits per heavy atom. The van der Waals surface area contributed by atoms with Gasteiger partial charge in [-0.3, -0.25) is 0 Å². The molecule has 1 aromatic carbocycles. The van der Waals surface area contributed by atoms with Gasteiger partial charge in [0, 0.05) is 26.2 Å². The summed E-state index contributed by atoms with van der Waals surface area (Å²) in [5.74, 6) is -0.132. The number of rotatable bonds is 3. The molecule has 0 bridgehead atoms. The first-order valence-corrected chi connectivity index (χ1v) is 5.76. The van der Waals surface area contributed by atoms with E-state index < -0.39 is 0 Å². The Balaban J connectivity index is 0.00000144. The fourth-order valence-corrected chi connectivity index (χ4v) is 2.16. The van der Waals surface area contributed by atoms with Crippen LogP contribution in [0.4, 0.5) is 10.1 Å². The van der Waals surface area contributed by atoms with Gasteiger partial charge in [0.2, 0.25) is 0 Å². The molecule has 0 unspecified atom stereocenters. The van der Waals surface area contributed by atoms with Crippen molar-refractivity contribution in [3.05, 3.63) is 29.6 Å². The number of halogens is 2. The molecule has 1 fully saturated rings. The molecule has 0 atom stereocenters. The lowest BCUT2D eigenvalue weighted by molar-refractivity contribution is 0.563. The highest BCUT2D eigenvalue weighted by molar-refractivity contribution is 5.85. The molecule has 1 saturated heterocycles. The molecule has 1 heterocycles. The Morgan fingerprint density at radius 1 is 1.29 bits per heavy atom. The lowest BCUT2D eigenvalue weighted by Crippen LogP contribution is -2.44. The maximum Gasteiger partial charge on any atom is 0.146 e. The van der Waals surface area contributed by atoms with Crippen LogP contribution in [0.1, 0.15) is 5.56 Å². The molecule has 1 aliphatic heterocycles. The van der Waals surface area contributed by atoms with Gasteiger partial charge in [-0.25, -0.2) is 4.39 Å². The Morgan fingerprint density at radius 2 is 2.00 bits per heavy atom. The zero-order valence-electron chi connectivity index (χ0n) is 9.79. The standard InChI is InChI=1S/C12H18FN3.ClH/c13-11-3-1-2-10(4-5-14)12(11)16-8-6-15-7-9-16;/h1-3,15H,4-9,14H2;1H. The van der Waals surface area contributed by atoms with E-state index in [1.807, 2.05) is 6.07 Å². The van der Waals surface area contributed by atoms with Crippen molar-refractivity contribution >= 4 is 18.1 Å². The fourth-order valence-electron chi connectivity index (χ4n) is 2.16. The van der Waals surface area contributed by atoms with Crippen LogP contribution in [-0.4, -0.2) is 32.7 Å². The molecule has 0 aliphatic carbocycles. The maximum atomic E-state index is 13.9. The van der Waals surface area contributed by atoms with Crippen molar-refractivity contribution in [2.24, 2.45) is 5.73 Å². The third-order valence-electron chi connectivity index (χ3n) is 2.92. The van der Waals surface area contributed by atoms with E-state index in [2.05, 4.69) is 10.2 Å². The summed E-state index contributed by atoms with van der Waals surface area (Å²) in [5.41, 5.74) is 7.32. The summed E-state index contributed by atoms with van der Waals surface area (Å²) in [6.07, 6.45) is 0.733. The minimum Gasteiger partial charge on any atom is -0.366 e. The number of nitrogens with one attached hydrogen (secondary N) is 1. The molecule has 0 amide bonds. The van der Waals surface area contributed by atoms with Gasteiger partial charge in [0.05, 0.1) is 5.69 Å². The first-order chi connectivity index (χ1) is 7.83. The molecular formula is C12H19ClFN3. The molecule has 0 radical (unpaired) electrons. The maximum absolute atomic E-state index is 13.9. The van der Waals surface area contributed by atoms with Gasteiger partial charge < -0.3 is 16.0 Å². The van der Waals surface area contributed by atoms with E-state index in [0.717, 1.165) is 43.9 Å². The van der Waals surface area contributed by atoms with Crippen molar-refractivity contribution in [3.63, 3.8) is 0 Å². The first-order valence-electron chi connectivity index (χ1n) is 5.76. The molecule has 0 saturated carbocycles. The molecule has 2 rings (SSSR count). The summed E-state index contributed by atoms with van der Waals surface area (Å²) in [6, 6.07) is 5.25. The van der Waals surface area contributed by atoms with E-state index in [1.165, 1.54) is 6.07 Å². The summed E-state index contributed by atoms with van der Waals surface area (Å²) in [4.78, 5) is 2.11. The first kappa shape index (κ1) is 14.2. The number of para-hydroxylation sites is 1. The second-order valence-electron chi connectivity index (χ2n) is 4.02. The second kappa shape index (κ2) is 6.79. The second-order valence-corrected chi connectivity index (χ2v) is 4.02. The van der Waals surface area contributed by atoms with E-state index in [9.17, 15) is 4.39 Å². The van der Waals surface area contributed by atoms with Crippen LogP contribution in [0.3, 0.4) is 0 Å². The van der Waals surface area contributed by atoms with Gasteiger partial charge in [0.15, 0.2) is 0 Å². The van der Waals surface area contributed by atoms with Crippen LogP contribution in [0.2, 0.25) is 0 Å². The Kier molecular flexibility index (Phi) is 5.68. The molecule has 3 N–H and O–H groups in total. The molecule has 1 aromatic rings. The highest BCUT2D eigenvalue weighted by atomic mass is 35.5. The molecule has 0 spiro atoms. The number of hydrogen-bond acceptors (Lipinski definition) is 3. The number of benzene rings is 1. The topological polar surface area (TPSA) is 41.3 Å². The highest BCUT2D eigenvalue weighted by Gasteiger charge is 2.17. The van der Waals surface area contributed by atoms with Crippen LogP contribution < -0.4 is 16.0 Å². The molecule has 5 heteroatoms. The lowest BCUT2D eigenvalue weighted by Gasteiger charge is -2.31. The number of anilines is 1. The largest absolute Gasteiger partial charge is 0.366 e. The molecule has 3 nitrogen and oxygen atoms in total. The van der Waals surface area contributed by atoms with E-state index >= 15 is 0 Å². The van der Waals surface area contributed by atoms with E-state index in [-0.39, 0.29) is 18.2 Å². The van der Waals surface area contributed by atoms with Crippen LogP contribution in [-0.2, 0) is 6.42 Å². The summed E-state index contributed by atoms with van der Waals surface area (Å²) in [6.45, 7) is 4.10. The highest BCUT2D eigenvalue weighted by Crippen LogP contribution is 2.25. The van der Waals surface area contributed by atoms with Crippen molar-refractivity contribution < 1.29 is 4.39 Å². The molecule has 96 valence electrons. The van der Waals surface area contributed by atoms with Crippen molar-refractivity contribution in [1.29, 1.82) is 0 Å². The number of nitrogens with zero attached hydrogens (tertiary/aromatic N) is 1. The number of hydrogen-bond donors (Lipinski definition) is 2. The van der Waals surface area contributed by atoms with Crippen molar-refractivity contribution in [1.82, 2.24) is 5.32 Å². The average molecular weight is 260 g/mol. The predicted molar refractivity (Wildman–Crippen MR) is 71.5 cm³/mol. The summed E-state index contributed by atoms with van der Waals surface area (Å²) >= 11 is 0. The van der Waals surface area contributed by atoms with Gasteiger partial charge in [0.25, 0.3) is 0 Å². The molecular weight excluding hydrogens is 241 g/mol. The third kappa shape index (κ3) is 3.31. The Bertz CT molecular complexity index is 354. The van der Waals surface area contributed by atoms with Gasteiger partial charge in [-0.1, -0.05) is 12.1 Å². The number of nitrogens with two attached hydrogens (primary N) is 1. The van der Waals surface area contributed by atoms with Gasteiger partial charge >= 0.3 is 0 Å². The summed E-state index contributed by atoms with van der Waals surface area (Å²) < 4.78 is 13.9. The van der Waals surface area contributed by atoms with Gasteiger partial charge in [0.1, 0.15) is 5.82 Å². The monoisotopic (exact) mass is 259 g/mol. The van der Waals surface area contributed by atoms with E-state index in [1.54, 1.807) is 6.07 Å². The van der Waals surface area contributed by atoms with Crippen LogP contribution in [0.25, 0.3) is 0 Å². The Hall–Kier alpha value is -0.840. The SMILES string of the molecule is Cl.NCCc1cccc(F)c1N1CCNCC1. The smallest absolute Gasteiger partial charge is 0.146 e. The van der Waals surface area contributed by atoms with Crippen LogP contribution in [0.5, 0.6) is 0 Å². The van der Waals surface area contributed by atoms with Crippen molar-refractivity contribution in [2.75, 3.05) is 37.6 Å². The fraction of sp³-hybridized carbons (Fsp3) is 0.500. The van der Waals surface area contributed by atoms with Gasteiger partial charge in [-0.15, -0.1) is 12.4 Å². The van der Waals surface area contributed by atoms with Crippen molar-refractivity contribution in [2.45, 2.75) is 6.42 Å². The van der Waals surface area contributed by atoms with Gasteiger partial charge in [-0.2, -0.15) is 0 Å². The zero-order chi connectivity index (χ0) is 11.4. The van der Waals surface area contributed by atoms with Crippen LogP contribution >= 0.6 is 12.4 Å². The predicted octanol–water partition coefficient (Wildman–Crippen LogP) is 1.16. The van der Waals surface area contributed by atoms with E-state index in [0.29, 0.717) is 6.54 Å². The minimum atomic E-state index is -0.132.